The van der Waals surface area contributed by atoms with Gasteiger partial charge >= 0.3 is 6.09 Å². The van der Waals surface area contributed by atoms with Gasteiger partial charge in [-0.3, -0.25) is 4.79 Å². The molecule has 2 amide bonds. The van der Waals surface area contributed by atoms with Gasteiger partial charge in [-0.25, -0.2) is 4.79 Å². The molecule has 162 valence electrons. The summed E-state index contributed by atoms with van der Waals surface area (Å²) in [7, 11) is 0. The Balaban J connectivity index is 1.28. The summed E-state index contributed by atoms with van der Waals surface area (Å²) in [6.07, 6.45) is -0.315. The largest absolute Gasteiger partial charge is 0.452 e. The summed E-state index contributed by atoms with van der Waals surface area (Å²) in [6.45, 7) is 2.54. The summed E-state index contributed by atoms with van der Waals surface area (Å²) in [5.74, 6) is 0.945. The minimum atomic E-state index is -0.315. The Kier molecular flexibility index (Phi) is 5.37. The topological polar surface area (TPSA) is 71.1 Å². The van der Waals surface area contributed by atoms with Crippen molar-refractivity contribution in [2.45, 2.75) is 6.61 Å². The second kappa shape index (κ2) is 8.63. The van der Waals surface area contributed by atoms with Crippen molar-refractivity contribution in [2.75, 3.05) is 36.4 Å². The lowest BCUT2D eigenvalue weighted by Gasteiger charge is -2.36. The van der Waals surface area contributed by atoms with Crippen molar-refractivity contribution in [3.63, 3.8) is 0 Å². The highest BCUT2D eigenvalue weighted by atomic mass is 16.6. The molecule has 7 heteroatoms. The fraction of sp³-hybridized carbons (Fsp3) is 0.200. The normalized spacial score (nSPS) is 15.1. The van der Waals surface area contributed by atoms with Gasteiger partial charge in [-0.15, -0.1) is 0 Å². The number of nitrogens with one attached hydrogen (secondary N) is 1. The first-order chi connectivity index (χ1) is 15.7. The third kappa shape index (κ3) is 3.97. The molecule has 2 heterocycles. The minimum Gasteiger partial charge on any atom is -0.452 e. The van der Waals surface area contributed by atoms with E-state index in [0.29, 0.717) is 48.9 Å². The first-order valence-corrected chi connectivity index (χ1v) is 10.6. The van der Waals surface area contributed by atoms with E-state index in [1.165, 1.54) is 0 Å². The van der Waals surface area contributed by atoms with Gasteiger partial charge in [0.1, 0.15) is 6.61 Å². The highest BCUT2D eigenvalue weighted by molar-refractivity contribution is 6.09. The quantitative estimate of drug-likeness (QED) is 0.664. The summed E-state index contributed by atoms with van der Waals surface area (Å²) in [5, 5.41) is 2.91. The van der Waals surface area contributed by atoms with Gasteiger partial charge in [0, 0.05) is 26.2 Å². The summed E-state index contributed by atoms with van der Waals surface area (Å²) in [5.41, 5.74) is 2.93. The zero-order chi connectivity index (χ0) is 21.9. The average molecular weight is 429 g/mol. The van der Waals surface area contributed by atoms with Crippen molar-refractivity contribution in [3.8, 4) is 11.5 Å². The number of hydrogen-bond acceptors (Lipinski definition) is 5. The molecule has 0 aliphatic carbocycles. The van der Waals surface area contributed by atoms with Crippen LogP contribution in [0.4, 0.5) is 16.2 Å². The van der Waals surface area contributed by atoms with Crippen molar-refractivity contribution in [1.82, 2.24) is 4.90 Å². The fourth-order valence-electron chi connectivity index (χ4n) is 3.96. The van der Waals surface area contributed by atoms with Gasteiger partial charge in [-0.1, -0.05) is 48.5 Å². The predicted molar refractivity (Wildman–Crippen MR) is 121 cm³/mol. The van der Waals surface area contributed by atoms with Crippen molar-refractivity contribution in [3.05, 3.63) is 83.9 Å². The van der Waals surface area contributed by atoms with E-state index in [4.69, 9.17) is 9.47 Å². The Morgan fingerprint density at radius 3 is 2.47 bits per heavy atom. The van der Waals surface area contributed by atoms with Crippen LogP contribution in [-0.2, 0) is 11.3 Å². The zero-order valence-corrected chi connectivity index (χ0v) is 17.5. The maximum atomic E-state index is 12.8. The lowest BCUT2D eigenvalue weighted by molar-refractivity contribution is 0.0941. The standard InChI is InChI=1S/C25H23N3O4/c29-24-19-9-6-11-21(23(19)32-22-12-5-4-10-20(22)26-24)27-13-15-28(16-14-27)25(30)31-17-18-7-2-1-3-8-18/h1-12H,13-17H2,(H,26,29). The van der Waals surface area contributed by atoms with Gasteiger partial charge in [0.25, 0.3) is 5.91 Å². The SMILES string of the molecule is O=C1Nc2ccccc2Oc2c1cccc2N1CCN(C(=O)OCc2ccccc2)CC1. The van der Waals surface area contributed by atoms with Crippen LogP contribution in [0.3, 0.4) is 0 Å². The second-order valence-corrected chi connectivity index (χ2v) is 7.72. The molecule has 5 rings (SSSR count). The van der Waals surface area contributed by atoms with Gasteiger partial charge in [0.2, 0.25) is 0 Å². The lowest BCUT2D eigenvalue weighted by atomic mass is 10.1. The van der Waals surface area contributed by atoms with Crippen LogP contribution in [0.5, 0.6) is 11.5 Å². The number of hydrogen-bond donors (Lipinski definition) is 1. The minimum absolute atomic E-state index is 0.199. The zero-order valence-electron chi connectivity index (χ0n) is 17.5. The van der Waals surface area contributed by atoms with E-state index in [2.05, 4.69) is 10.2 Å². The number of nitrogens with zero attached hydrogens (tertiary/aromatic N) is 2. The lowest BCUT2D eigenvalue weighted by Crippen LogP contribution is -2.49. The molecule has 3 aromatic carbocycles. The number of benzene rings is 3. The predicted octanol–water partition coefficient (Wildman–Crippen LogP) is 4.50. The third-order valence-electron chi connectivity index (χ3n) is 5.67. The molecule has 0 saturated carbocycles. The summed E-state index contributed by atoms with van der Waals surface area (Å²) < 4.78 is 11.6. The Morgan fingerprint density at radius 2 is 1.66 bits per heavy atom. The maximum Gasteiger partial charge on any atom is 0.410 e. The average Bonchev–Trinajstić information content (AvgIpc) is 2.99. The smallest absolute Gasteiger partial charge is 0.410 e. The molecule has 32 heavy (non-hydrogen) atoms. The Labute approximate surface area is 186 Å². The fourth-order valence-corrected chi connectivity index (χ4v) is 3.96. The van der Waals surface area contributed by atoms with Gasteiger partial charge < -0.3 is 24.6 Å². The first-order valence-electron chi connectivity index (χ1n) is 10.6. The van der Waals surface area contributed by atoms with Crippen LogP contribution < -0.4 is 15.0 Å². The number of rotatable bonds is 3. The molecule has 2 aliphatic heterocycles. The molecular formula is C25H23N3O4. The van der Waals surface area contributed by atoms with Crippen molar-refractivity contribution < 1.29 is 19.1 Å². The van der Waals surface area contributed by atoms with Gasteiger partial charge in [-0.2, -0.15) is 0 Å². The van der Waals surface area contributed by atoms with Gasteiger partial charge in [0.05, 0.1) is 16.9 Å². The van der Waals surface area contributed by atoms with Crippen LogP contribution in [0.2, 0.25) is 0 Å². The van der Waals surface area contributed by atoms with Crippen molar-refractivity contribution in [1.29, 1.82) is 0 Å². The van der Waals surface area contributed by atoms with E-state index >= 15 is 0 Å². The number of para-hydroxylation sites is 3. The van der Waals surface area contributed by atoms with E-state index in [0.717, 1.165) is 11.3 Å². The van der Waals surface area contributed by atoms with Crippen molar-refractivity contribution >= 4 is 23.4 Å². The monoisotopic (exact) mass is 429 g/mol. The molecule has 0 unspecified atom stereocenters. The summed E-state index contributed by atoms with van der Waals surface area (Å²) in [4.78, 5) is 29.1. The number of ether oxygens (including phenoxy) is 2. The van der Waals surface area contributed by atoms with Crippen molar-refractivity contribution in [2.24, 2.45) is 0 Å². The molecule has 0 spiro atoms. The highest BCUT2D eigenvalue weighted by Crippen LogP contribution is 2.41. The number of amides is 2. The van der Waals surface area contributed by atoms with Crippen LogP contribution in [0.15, 0.2) is 72.8 Å². The summed E-state index contributed by atoms with van der Waals surface area (Å²) >= 11 is 0. The molecule has 1 saturated heterocycles. The van der Waals surface area contributed by atoms with E-state index in [1.54, 1.807) is 11.0 Å². The maximum absolute atomic E-state index is 12.8. The molecular weight excluding hydrogens is 406 g/mol. The van der Waals surface area contributed by atoms with Gasteiger partial charge in [-0.05, 0) is 29.8 Å². The van der Waals surface area contributed by atoms with Crippen LogP contribution in [-0.4, -0.2) is 43.1 Å². The number of piperazine rings is 1. The molecule has 7 nitrogen and oxygen atoms in total. The molecule has 1 fully saturated rings. The van der Waals surface area contributed by atoms with E-state index in [9.17, 15) is 9.59 Å². The molecule has 2 aliphatic rings. The van der Waals surface area contributed by atoms with E-state index < -0.39 is 0 Å². The molecule has 1 N–H and O–H groups in total. The van der Waals surface area contributed by atoms with Crippen LogP contribution in [0, 0.1) is 0 Å². The Hall–Kier alpha value is -4.00. The Morgan fingerprint density at radius 1 is 0.906 bits per heavy atom. The molecule has 0 radical (unpaired) electrons. The highest BCUT2D eigenvalue weighted by Gasteiger charge is 2.28. The van der Waals surface area contributed by atoms with Crippen LogP contribution >= 0.6 is 0 Å². The number of fused-ring (bicyclic) bond motifs is 2. The summed E-state index contributed by atoms with van der Waals surface area (Å²) in [6, 6.07) is 22.6. The van der Waals surface area contributed by atoms with Crippen LogP contribution in [0.25, 0.3) is 0 Å². The van der Waals surface area contributed by atoms with Gasteiger partial charge in [0.15, 0.2) is 11.5 Å². The molecule has 0 bridgehead atoms. The first kappa shape index (κ1) is 19.9. The Bertz CT molecular complexity index is 1140. The van der Waals surface area contributed by atoms with Crippen LogP contribution in [0.1, 0.15) is 15.9 Å². The number of carbonyl (C=O) groups excluding carboxylic acids is 2. The van der Waals surface area contributed by atoms with E-state index in [1.807, 2.05) is 66.7 Å². The number of anilines is 2. The third-order valence-corrected chi connectivity index (χ3v) is 5.67. The second-order valence-electron chi connectivity index (χ2n) is 7.72. The molecule has 3 aromatic rings. The molecule has 0 aromatic heterocycles. The number of carbonyl (C=O) groups is 2. The molecule has 0 atom stereocenters. The van der Waals surface area contributed by atoms with E-state index in [-0.39, 0.29) is 18.6 Å².